The molecule has 17 heavy (non-hydrogen) atoms. The lowest BCUT2D eigenvalue weighted by Crippen LogP contribution is -2.40. The molecule has 2 rings (SSSR count). The van der Waals surface area contributed by atoms with Crippen molar-refractivity contribution in [2.75, 3.05) is 6.54 Å². The van der Waals surface area contributed by atoms with E-state index in [1.807, 2.05) is 11.8 Å². The first-order chi connectivity index (χ1) is 8.11. The van der Waals surface area contributed by atoms with Gasteiger partial charge in [-0.05, 0) is 32.1 Å². The van der Waals surface area contributed by atoms with Crippen molar-refractivity contribution in [3.63, 3.8) is 0 Å². The summed E-state index contributed by atoms with van der Waals surface area (Å²) in [6.07, 6.45) is 5.21. The number of likely N-dealkylation sites (tertiary alicyclic amines) is 1. The molecule has 1 unspecified atom stereocenters. The minimum atomic E-state index is 0.125. The van der Waals surface area contributed by atoms with Crippen LogP contribution in [-0.2, 0) is 9.59 Å². The van der Waals surface area contributed by atoms with Gasteiger partial charge in [-0.25, -0.2) is 0 Å². The van der Waals surface area contributed by atoms with Crippen LogP contribution in [0.25, 0.3) is 0 Å². The number of nitrogens with zero attached hydrogens (tertiary/aromatic N) is 1. The van der Waals surface area contributed by atoms with Crippen molar-refractivity contribution in [1.29, 1.82) is 0 Å². The highest BCUT2D eigenvalue weighted by atomic mass is 16.2. The van der Waals surface area contributed by atoms with E-state index in [0.29, 0.717) is 13.0 Å². The monoisotopic (exact) mass is 235 g/mol. The summed E-state index contributed by atoms with van der Waals surface area (Å²) in [6.45, 7) is 6.36. The number of Topliss-reactive ketones (excluding diaryl/α,β-unsaturated/α-hetero) is 1. The number of carbonyl (C=O) groups is 2. The molecule has 94 valence electrons. The Morgan fingerprint density at radius 1 is 1.41 bits per heavy atom. The smallest absolute Gasteiger partial charge is 0.226 e. The Balaban J connectivity index is 1.99. The predicted molar refractivity (Wildman–Crippen MR) is 66.5 cm³/mol. The lowest BCUT2D eigenvalue weighted by molar-refractivity contribution is -0.138. The van der Waals surface area contributed by atoms with E-state index in [4.69, 9.17) is 0 Å². The zero-order chi connectivity index (χ0) is 12.4. The van der Waals surface area contributed by atoms with Gasteiger partial charge in [0.1, 0.15) is 0 Å². The van der Waals surface area contributed by atoms with Crippen LogP contribution in [0.5, 0.6) is 0 Å². The number of rotatable bonds is 2. The number of hydrogen-bond acceptors (Lipinski definition) is 2. The molecule has 0 aromatic rings. The molecule has 3 nitrogen and oxygen atoms in total. The van der Waals surface area contributed by atoms with Gasteiger partial charge in [0.2, 0.25) is 5.91 Å². The maximum atomic E-state index is 12.4. The summed E-state index contributed by atoms with van der Waals surface area (Å²) in [7, 11) is 0. The SMILES string of the molecule is C=C1CCC(C(=O)N2CC(=O)CC2CC)CC1. The third kappa shape index (κ3) is 2.59. The fraction of sp³-hybridized carbons (Fsp3) is 0.714. The van der Waals surface area contributed by atoms with Crippen LogP contribution in [0.1, 0.15) is 45.4 Å². The first-order valence-electron chi connectivity index (χ1n) is 6.60. The van der Waals surface area contributed by atoms with E-state index in [1.54, 1.807) is 0 Å². The molecule has 0 spiro atoms. The van der Waals surface area contributed by atoms with Crippen molar-refractivity contribution >= 4 is 11.7 Å². The Labute approximate surface area is 103 Å². The van der Waals surface area contributed by atoms with Gasteiger partial charge >= 0.3 is 0 Å². The average Bonchev–Trinajstić information content (AvgIpc) is 2.70. The lowest BCUT2D eigenvalue weighted by Gasteiger charge is -2.30. The Bertz CT molecular complexity index is 338. The van der Waals surface area contributed by atoms with Crippen molar-refractivity contribution in [3.05, 3.63) is 12.2 Å². The molecular formula is C14H21NO2. The molecule has 3 heteroatoms. The van der Waals surface area contributed by atoms with Crippen molar-refractivity contribution < 1.29 is 9.59 Å². The largest absolute Gasteiger partial charge is 0.332 e. The Morgan fingerprint density at radius 2 is 2.06 bits per heavy atom. The second kappa shape index (κ2) is 5.03. The topological polar surface area (TPSA) is 37.4 Å². The summed E-state index contributed by atoms with van der Waals surface area (Å²) < 4.78 is 0. The van der Waals surface area contributed by atoms with Gasteiger partial charge < -0.3 is 4.90 Å². The molecule has 0 N–H and O–H groups in total. The van der Waals surface area contributed by atoms with Crippen LogP contribution in [0.15, 0.2) is 12.2 Å². The van der Waals surface area contributed by atoms with E-state index >= 15 is 0 Å². The van der Waals surface area contributed by atoms with E-state index in [0.717, 1.165) is 32.1 Å². The van der Waals surface area contributed by atoms with Gasteiger partial charge in [0.25, 0.3) is 0 Å². The van der Waals surface area contributed by atoms with Gasteiger partial charge in [0.05, 0.1) is 6.54 Å². The highest BCUT2D eigenvalue weighted by molar-refractivity contribution is 5.91. The summed E-state index contributed by atoms with van der Waals surface area (Å²) in [6, 6.07) is 0.153. The summed E-state index contributed by atoms with van der Waals surface area (Å²) in [5, 5.41) is 0. The van der Waals surface area contributed by atoms with Crippen LogP contribution in [-0.4, -0.2) is 29.2 Å². The number of amides is 1. The summed E-state index contributed by atoms with van der Waals surface area (Å²) in [4.78, 5) is 25.6. The minimum Gasteiger partial charge on any atom is -0.332 e. The molecule has 1 amide bonds. The fourth-order valence-electron chi connectivity index (χ4n) is 2.89. The maximum absolute atomic E-state index is 12.4. The molecule has 0 radical (unpaired) electrons. The average molecular weight is 235 g/mol. The zero-order valence-corrected chi connectivity index (χ0v) is 10.6. The van der Waals surface area contributed by atoms with Gasteiger partial charge in [0, 0.05) is 18.4 Å². The quantitative estimate of drug-likeness (QED) is 0.689. The van der Waals surface area contributed by atoms with Gasteiger partial charge in [-0.15, -0.1) is 0 Å². The molecule has 2 fully saturated rings. The van der Waals surface area contributed by atoms with E-state index in [1.165, 1.54) is 5.57 Å². The predicted octanol–water partition coefficient (Wildman–Crippen LogP) is 2.31. The second-order valence-electron chi connectivity index (χ2n) is 5.30. The van der Waals surface area contributed by atoms with Crippen molar-refractivity contribution in [1.82, 2.24) is 4.90 Å². The first-order valence-corrected chi connectivity index (χ1v) is 6.60. The van der Waals surface area contributed by atoms with Crippen LogP contribution in [0, 0.1) is 5.92 Å². The molecule has 2 aliphatic rings. The van der Waals surface area contributed by atoms with Crippen LogP contribution in [0.3, 0.4) is 0 Å². The third-order valence-corrected chi connectivity index (χ3v) is 4.05. The highest BCUT2D eigenvalue weighted by Gasteiger charge is 2.36. The number of carbonyl (C=O) groups excluding carboxylic acids is 2. The van der Waals surface area contributed by atoms with E-state index in [-0.39, 0.29) is 23.7 Å². The Morgan fingerprint density at radius 3 is 2.65 bits per heavy atom. The van der Waals surface area contributed by atoms with Crippen LogP contribution in [0.2, 0.25) is 0 Å². The molecule has 1 saturated carbocycles. The summed E-state index contributed by atoms with van der Waals surface area (Å²) in [5.74, 6) is 0.543. The summed E-state index contributed by atoms with van der Waals surface area (Å²) in [5.41, 5.74) is 1.26. The van der Waals surface area contributed by atoms with Crippen molar-refractivity contribution in [2.45, 2.75) is 51.5 Å². The van der Waals surface area contributed by atoms with E-state index < -0.39 is 0 Å². The van der Waals surface area contributed by atoms with E-state index in [9.17, 15) is 9.59 Å². The first kappa shape index (κ1) is 12.3. The van der Waals surface area contributed by atoms with Gasteiger partial charge in [-0.2, -0.15) is 0 Å². The molecule has 1 saturated heterocycles. The van der Waals surface area contributed by atoms with Crippen LogP contribution >= 0.6 is 0 Å². The number of allylic oxidation sites excluding steroid dienone is 1. The third-order valence-electron chi connectivity index (χ3n) is 4.05. The molecule has 1 atom stereocenters. The van der Waals surface area contributed by atoms with E-state index in [2.05, 4.69) is 6.58 Å². The molecule has 1 heterocycles. The standard InChI is InChI=1S/C14H21NO2/c1-3-12-8-13(16)9-15(12)14(17)11-6-4-10(2)5-7-11/h11-12H,2-9H2,1H3. The number of ketones is 1. The summed E-state index contributed by atoms with van der Waals surface area (Å²) >= 11 is 0. The molecule has 0 bridgehead atoms. The Kier molecular flexibility index (Phi) is 3.65. The van der Waals surface area contributed by atoms with Crippen LogP contribution in [0.4, 0.5) is 0 Å². The highest BCUT2D eigenvalue weighted by Crippen LogP contribution is 2.30. The Hall–Kier alpha value is -1.12. The lowest BCUT2D eigenvalue weighted by atomic mass is 9.85. The number of hydrogen-bond donors (Lipinski definition) is 0. The van der Waals surface area contributed by atoms with Crippen molar-refractivity contribution in [3.8, 4) is 0 Å². The van der Waals surface area contributed by atoms with Crippen LogP contribution < -0.4 is 0 Å². The molecule has 0 aromatic heterocycles. The zero-order valence-electron chi connectivity index (χ0n) is 10.6. The minimum absolute atomic E-state index is 0.125. The second-order valence-corrected chi connectivity index (χ2v) is 5.30. The van der Waals surface area contributed by atoms with Gasteiger partial charge in [0.15, 0.2) is 5.78 Å². The molecule has 1 aliphatic heterocycles. The van der Waals surface area contributed by atoms with Gasteiger partial charge in [-0.1, -0.05) is 19.1 Å². The molecule has 0 aromatic carbocycles. The molecule has 1 aliphatic carbocycles. The normalized spacial score (nSPS) is 26.6. The van der Waals surface area contributed by atoms with Crippen molar-refractivity contribution in [2.24, 2.45) is 5.92 Å². The van der Waals surface area contributed by atoms with Gasteiger partial charge in [-0.3, -0.25) is 9.59 Å². The fourth-order valence-corrected chi connectivity index (χ4v) is 2.89. The maximum Gasteiger partial charge on any atom is 0.226 e. The molecular weight excluding hydrogens is 214 g/mol.